The quantitative estimate of drug-likeness (QED) is 0.864. The molecule has 5 heteroatoms. The van der Waals surface area contributed by atoms with E-state index in [2.05, 4.69) is 0 Å². The molecule has 0 unspecified atom stereocenters. The van der Waals surface area contributed by atoms with Gasteiger partial charge >= 0.3 is 5.97 Å². The molecule has 1 aromatic rings. The topological polar surface area (TPSA) is 63.3 Å². The molecular formula is C13H18FNO2S. The third-order valence-corrected chi connectivity index (χ3v) is 4.38. The molecule has 0 amide bonds. The largest absolute Gasteiger partial charge is 0.480 e. The molecule has 18 heavy (non-hydrogen) atoms. The van der Waals surface area contributed by atoms with Crippen molar-refractivity contribution in [2.24, 2.45) is 5.73 Å². The monoisotopic (exact) mass is 271 g/mol. The van der Waals surface area contributed by atoms with Crippen LogP contribution < -0.4 is 5.73 Å². The number of rotatable bonds is 5. The van der Waals surface area contributed by atoms with Crippen molar-refractivity contribution in [3.05, 3.63) is 35.1 Å². The van der Waals surface area contributed by atoms with Gasteiger partial charge in [0.2, 0.25) is 0 Å². The third-order valence-electron chi connectivity index (χ3n) is 2.93. The molecule has 3 nitrogen and oxygen atoms in total. The Morgan fingerprint density at radius 3 is 2.72 bits per heavy atom. The zero-order valence-corrected chi connectivity index (χ0v) is 11.6. The van der Waals surface area contributed by atoms with Crippen molar-refractivity contribution in [3.63, 3.8) is 0 Å². The van der Waals surface area contributed by atoms with E-state index >= 15 is 0 Å². The molecule has 0 spiro atoms. The maximum absolute atomic E-state index is 13.1. The summed E-state index contributed by atoms with van der Waals surface area (Å²) < 4.78 is 12.5. The summed E-state index contributed by atoms with van der Waals surface area (Å²) in [7, 11) is 0. The molecule has 0 heterocycles. The summed E-state index contributed by atoms with van der Waals surface area (Å²) in [5.74, 6) is -0.766. The van der Waals surface area contributed by atoms with E-state index in [0.29, 0.717) is 5.75 Å². The second-order valence-electron chi connectivity index (χ2n) is 4.78. The molecular weight excluding hydrogens is 253 g/mol. The van der Waals surface area contributed by atoms with Gasteiger partial charge in [0.25, 0.3) is 0 Å². The molecule has 0 aromatic heterocycles. The summed E-state index contributed by atoms with van der Waals surface area (Å²) in [5.41, 5.74) is 7.49. The van der Waals surface area contributed by atoms with Crippen molar-refractivity contribution in [3.8, 4) is 0 Å². The standard InChI is InChI=1S/C13H18FNO2S/c1-8-4-5-10(14)6-9(8)7-18-13(2,3)11(15)12(16)17/h4-6,11H,7,15H2,1-3H3,(H,16,17)/t11-/m0/s1. The molecule has 1 atom stereocenters. The molecule has 0 aliphatic rings. The average molecular weight is 271 g/mol. The number of carbonyl (C=O) groups is 1. The van der Waals surface area contributed by atoms with E-state index < -0.39 is 16.8 Å². The summed E-state index contributed by atoms with van der Waals surface area (Å²) in [6, 6.07) is 3.66. The van der Waals surface area contributed by atoms with E-state index in [0.717, 1.165) is 11.1 Å². The normalized spacial score (nSPS) is 13.4. The lowest BCUT2D eigenvalue weighted by atomic mass is 10.1. The minimum absolute atomic E-state index is 0.281. The second kappa shape index (κ2) is 5.71. The SMILES string of the molecule is Cc1ccc(F)cc1CSC(C)(C)[C@@H](N)C(=O)O. The van der Waals surface area contributed by atoms with Crippen LogP contribution in [0.15, 0.2) is 18.2 Å². The Morgan fingerprint density at radius 1 is 1.56 bits per heavy atom. The van der Waals surface area contributed by atoms with Gasteiger partial charge in [-0.05, 0) is 44.0 Å². The first-order chi connectivity index (χ1) is 8.24. The number of halogens is 1. The van der Waals surface area contributed by atoms with Gasteiger partial charge in [-0.1, -0.05) is 6.07 Å². The number of nitrogens with two attached hydrogens (primary N) is 1. The Hall–Kier alpha value is -1.07. The molecule has 0 fully saturated rings. The predicted octanol–water partition coefficient (Wildman–Crippen LogP) is 2.56. The van der Waals surface area contributed by atoms with Gasteiger partial charge in [0.1, 0.15) is 11.9 Å². The molecule has 0 bridgehead atoms. The van der Waals surface area contributed by atoms with Crippen LogP contribution in [0.5, 0.6) is 0 Å². The summed E-state index contributed by atoms with van der Waals surface area (Å²) >= 11 is 1.42. The highest BCUT2D eigenvalue weighted by atomic mass is 32.2. The van der Waals surface area contributed by atoms with Crippen LogP contribution in [-0.2, 0) is 10.5 Å². The second-order valence-corrected chi connectivity index (χ2v) is 6.41. The van der Waals surface area contributed by atoms with Crippen molar-refractivity contribution in [2.75, 3.05) is 0 Å². The van der Waals surface area contributed by atoms with Crippen LogP contribution in [0, 0.1) is 12.7 Å². The van der Waals surface area contributed by atoms with Crippen LogP contribution in [0.25, 0.3) is 0 Å². The minimum atomic E-state index is -1.02. The summed E-state index contributed by atoms with van der Waals surface area (Å²) in [6.07, 6.45) is 0. The summed E-state index contributed by atoms with van der Waals surface area (Å²) in [4.78, 5) is 10.9. The molecule has 0 radical (unpaired) electrons. The molecule has 0 saturated carbocycles. The van der Waals surface area contributed by atoms with Crippen LogP contribution in [0.3, 0.4) is 0 Å². The van der Waals surface area contributed by atoms with Crippen molar-refractivity contribution in [2.45, 2.75) is 37.3 Å². The lowest BCUT2D eigenvalue weighted by Crippen LogP contribution is -2.46. The Labute approximate surface area is 111 Å². The molecule has 100 valence electrons. The van der Waals surface area contributed by atoms with E-state index in [4.69, 9.17) is 10.8 Å². The number of thioether (sulfide) groups is 1. The number of hydrogen-bond acceptors (Lipinski definition) is 3. The summed E-state index contributed by atoms with van der Waals surface area (Å²) in [5, 5.41) is 8.92. The van der Waals surface area contributed by atoms with E-state index in [1.54, 1.807) is 19.9 Å². The molecule has 1 aromatic carbocycles. The first-order valence-corrected chi connectivity index (χ1v) is 6.60. The fourth-order valence-corrected chi connectivity index (χ4v) is 2.57. The zero-order valence-electron chi connectivity index (χ0n) is 10.7. The highest BCUT2D eigenvalue weighted by Crippen LogP contribution is 2.31. The third kappa shape index (κ3) is 3.71. The molecule has 3 N–H and O–H groups in total. The van der Waals surface area contributed by atoms with Gasteiger partial charge < -0.3 is 10.8 Å². The van der Waals surface area contributed by atoms with Crippen LogP contribution in [0.2, 0.25) is 0 Å². The van der Waals surface area contributed by atoms with Gasteiger partial charge in [0, 0.05) is 10.5 Å². The van der Waals surface area contributed by atoms with Crippen molar-refractivity contribution in [1.29, 1.82) is 0 Å². The average Bonchev–Trinajstić information content (AvgIpc) is 2.29. The fraction of sp³-hybridized carbons (Fsp3) is 0.462. The Bertz CT molecular complexity index is 449. The highest BCUT2D eigenvalue weighted by molar-refractivity contribution is 7.99. The van der Waals surface area contributed by atoms with Crippen LogP contribution in [-0.4, -0.2) is 21.9 Å². The number of aryl methyl sites for hydroxylation is 1. The molecule has 0 saturated heterocycles. The zero-order chi connectivity index (χ0) is 13.9. The van der Waals surface area contributed by atoms with Gasteiger partial charge in [-0.25, -0.2) is 4.39 Å². The highest BCUT2D eigenvalue weighted by Gasteiger charge is 2.32. The predicted molar refractivity (Wildman–Crippen MR) is 72.1 cm³/mol. The van der Waals surface area contributed by atoms with Crippen LogP contribution in [0.1, 0.15) is 25.0 Å². The van der Waals surface area contributed by atoms with Gasteiger partial charge in [0.15, 0.2) is 0 Å². The van der Waals surface area contributed by atoms with Crippen molar-refractivity contribution < 1.29 is 14.3 Å². The number of hydrogen-bond donors (Lipinski definition) is 2. The number of benzene rings is 1. The minimum Gasteiger partial charge on any atom is -0.480 e. The number of aliphatic carboxylic acids is 1. The van der Waals surface area contributed by atoms with E-state index in [-0.39, 0.29) is 5.82 Å². The van der Waals surface area contributed by atoms with Crippen LogP contribution in [0.4, 0.5) is 4.39 Å². The Morgan fingerprint density at radius 2 is 2.17 bits per heavy atom. The molecule has 1 rings (SSSR count). The van der Waals surface area contributed by atoms with E-state index in [1.165, 1.54) is 23.9 Å². The van der Waals surface area contributed by atoms with Gasteiger partial charge in [-0.3, -0.25) is 4.79 Å². The fourth-order valence-electron chi connectivity index (χ4n) is 1.45. The molecule has 0 aliphatic heterocycles. The maximum Gasteiger partial charge on any atom is 0.321 e. The first-order valence-electron chi connectivity index (χ1n) is 5.61. The molecule has 0 aliphatic carbocycles. The summed E-state index contributed by atoms with van der Waals surface area (Å²) in [6.45, 7) is 5.47. The Kier molecular flexibility index (Phi) is 4.76. The number of carboxylic acid groups (broad SMARTS) is 1. The van der Waals surface area contributed by atoms with Gasteiger partial charge in [0.05, 0.1) is 0 Å². The first kappa shape index (κ1) is 15.0. The lowest BCUT2D eigenvalue weighted by Gasteiger charge is -2.28. The smallest absolute Gasteiger partial charge is 0.321 e. The van der Waals surface area contributed by atoms with Crippen LogP contribution >= 0.6 is 11.8 Å². The number of carboxylic acids is 1. The van der Waals surface area contributed by atoms with E-state index in [9.17, 15) is 9.18 Å². The van der Waals surface area contributed by atoms with Crippen molar-refractivity contribution >= 4 is 17.7 Å². The Balaban J connectivity index is 2.75. The van der Waals surface area contributed by atoms with Gasteiger partial charge in [-0.15, -0.1) is 11.8 Å². The lowest BCUT2D eigenvalue weighted by molar-refractivity contribution is -0.139. The van der Waals surface area contributed by atoms with Gasteiger partial charge in [-0.2, -0.15) is 0 Å². The van der Waals surface area contributed by atoms with E-state index in [1.807, 2.05) is 6.92 Å². The maximum atomic E-state index is 13.1. The van der Waals surface area contributed by atoms with Crippen molar-refractivity contribution in [1.82, 2.24) is 0 Å².